The number of carbonyl (C=O) groups excluding carboxylic acids is 2. The van der Waals surface area contributed by atoms with E-state index in [1.807, 2.05) is 12.1 Å². The Hall–Kier alpha value is -3.44. The highest BCUT2D eigenvalue weighted by molar-refractivity contribution is 6.30. The van der Waals surface area contributed by atoms with Crippen LogP contribution in [0.1, 0.15) is 43.7 Å². The highest BCUT2D eigenvalue weighted by Gasteiger charge is 2.25. The van der Waals surface area contributed by atoms with Gasteiger partial charge in [-0.3, -0.25) is 9.59 Å². The Morgan fingerprint density at radius 1 is 0.667 bits per heavy atom. The van der Waals surface area contributed by atoms with Gasteiger partial charge in [-0.15, -0.1) is 0 Å². The van der Waals surface area contributed by atoms with E-state index in [1.165, 1.54) is 6.07 Å². The Bertz CT molecular complexity index is 1080. The third-order valence-electron chi connectivity index (χ3n) is 4.62. The van der Waals surface area contributed by atoms with Crippen molar-refractivity contribution in [1.29, 1.82) is 10.5 Å². The number of hydrogen-bond acceptors (Lipinski definition) is 4. The molecule has 0 spiro atoms. The van der Waals surface area contributed by atoms with E-state index in [1.54, 1.807) is 66.7 Å². The van der Waals surface area contributed by atoms with Gasteiger partial charge in [0.25, 0.3) is 0 Å². The zero-order valence-electron chi connectivity index (χ0n) is 15.5. The summed E-state index contributed by atoms with van der Waals surface area (Å²) in [5, 5.41) is 20.1. The minimum atomic E-state index is -1.03. The lowest BCUT2D eigenvalue weighted by Gasteiger charge is -2.12. The van der Waals surface area contributed by atoms with Crippen molar-refractivity contribution >= 4 is 34.8 Å². The maximum atomic E-state index is 12.9. The third-order valence-corrected chi connectivity index (χ3v) is 5.12. The predicted octanol–water partition coefficient (Wildman–Crippen LogP) is 5.97. The molecule has 0 aliphatic heterocycles. The number of rotatable bonds is 6. The summed E-state index contributed by atoms with van der Waals surface area (Å²) in [5.74, 6) is -2.93. The Balaban J connectivity index is 1.91. The van der Waals surface area contributed by atoms with Crippen LogP contribution in [0.15, 0.2) is 72.8 Å². The first-order chi connectivity index (χ1) is 14.4. The number of carbonyl (C=O) groups is 2. The summed E-state index contributed by atoms with van der Waals surface area (Å²) in [5.41, 5.74) is 1.46. The highest BCUT2D eigenvalue weighted by atomic mass is 35.5. The fourth-order valence-corrected chi connectivity index (χ4v) is 3.29. The van der Waals surface area contributed by atoms with Gasteiger partial charge < -0.3 is 0 Å². The smallest absolute Gasteiger partial charge is 0.184 e. The largest absolute Gasteiger partial charge is 0.292 e. The number of nitriles is 2. The molecule has 0 saturated heterocycles. The number of nitrogens with zero attached hydrogens (tertiary/aromatic N) is 2. The summed E-state index contributed by atoms with van der Waals surface area (Å²) < 4.78 is 0. The number of halogens is 2. The third kappa shape index (κ3) is 4.58. The van der Waals surface area contributed by atoms with Crippen molar-refractivity contribution in [2.75, 3.05) is 0 Å². The molecule has 6 heteroatoms. The predicted molar refractivity (Wildman–Crippen MR) is 115 cm³/mol. The molecule has 3 rings (SSSR count). The van der Waals surface area contributed by atoms with Gasteiger partial charge in [-0.2, -0.15) is 10.5 Å². The molecule has 0 aromatic heterocycles. The maximum absolute atomic E-state index is 12.9. The summed E-state index contributed by atoms with van der Waals surface area (Å²) in [6, 6.07) is 23.0. The summed E-state index contributed by atoms with van der Waals surface area (Å²) in [7, 11) is 0. The van der Waals surface area contributed by atoms with E-state index in [0.29, 0.717) is 21.2 Å². The molecule has 0 N–H and O–H groups in total. The van der Waals surface area contributed by atoms with E-state index in [-0.39, 0.29) is 11.1 Å². The molecule has 0 fully saturated rings. The van der Waals surface area contributed by atoms with Gasteiger partial charge in [0.05, 0.1) is 12.1 Å². The minimum absolute atomic E-state index is 0.218. The van der Waals surface area contributed by atoms with Gasteiger partial charge in [0.2, 0.25) is 0 Å². The molecule has 4 nitrogen and oxygen atoms in total. The second-order valence-corrected chi connectivity index (χ2v) is 7.41. The Kier molecular flexibility index (Phi) is 6.65. The molecule has 2 unspecified atom stereocenters. The lowest BCUT2D eigenvalue weighted by atomic mass is 9.88. The molecule has 0 bridgehead atoms. The minimum Gasteiger partial charge on any atom is -0.292 e. The monoisotopic (exact) mass is 432 g/mol. The molecular formula is C24H14Cl2N2O2. The van der Waals surface area contributed by atoms with Crippen LogP contribution in [0.2, 0.25) is 10.0 Å². The molecular weight excluding hydrogens is 419 g/mol. The molecule has 30 heavy (non-hydrogen) atoms. The first kappa shape index (κ1) is 21.3. The summed E-state index contributed by atoms with van der Waals surface area (Å²) >= 11 is 11.8. The van der Waals surface area contributed by atoms with Gasteiger partial charge in [0.15, 0.2) is 11.6 Å². The van der Waals surface area contributed by atoms with Crippen LogP contribution in [0.25, 0.3) is 0 Å². The van der Waals surface area contributed by atoms with Crippen molar-refractivity contribution in [3.63, 3.8) is 0 Å². The average Bonchev–Trinajstić information content (AvgIpc) is 2.77. The summed E-state index contributed by atoms with van der Waals surface area (Å²) in [6.45, 7) is 0. The molecule has 0 heterocycles. The molecule has 0 aliphatic rings. The SMILES string of the molecule is N#CC(C(=O)c1cccc(C(=O)C(C#N)c2ccc(Cl)cc2)c1)c1ccc(Cl)cc1. The van der Waals surface area contributed by atoms with Gasteiger partial charge >= 0.3 is 0 Å². The lowest BCUT2D eigenvalue weighted by Crippen LogP contribution is -2.14. The highest BCUT2D eigenvalue weighted by Crippen LogP contribution is 2.26. The number of ketones is 2. The van der Waals surface area contributed by atoms with Crippen LogP contribution in [0.4, 0.5) is 0 Å². The number of benzene rings is 3. The van der Waals surface area contributed by atoms with Crippen LogP contribution in [0, 0.1) is 22.7 Å². The van der Waals surface area contributed by atoms with Crippen LogP contribution in [-0.2, 0) is 0 Å². The Morgan fingerprint density at radius 3 is 1.37 bits per heavy atom. The van der Waals surface area contributed by atoms with Gasteiger partial charge in [-0.25, -0.2) is 0 Å². The zero-order valence-corrected chi connectivity index (χ0v) is 17.1. The molecule has 3 aromatic rings. The fraction of sp³-hybridized carbons (Fsp3) is 0.0833. The molecule has 0 radical (unpaired) electrons. The van der Waals surface area contributed by atoms with Crippen LogP contribution in [0.5, 0.6) is 0 Å². The first-order valence-corrected chi connectivity index (χ1v) is 9.69. The van der Waals surface area contributed by atoms with Crippen molar-refractivity contribution in [3.8, 4) is 12.1 Å². The fourth-order valence-electron chi connectivity index (χ4n) is 3.04. The second kappa shape index (κ2) is 9.37. The van der Waals surface area contributed by atoms with E-state index in [9.17, 15) is 20.1 Å². The van der Waals surface area contributed by atoms with Gasteiger partial charge in [-0.05, 0) is 41.5 Å². The summed E-state index contributed by atoms with van der Waals surface area (Å²) in [4.78, 5) is 25.9. The second-order valence-electron chi connectivity index (χ2n) is 6.54. The Morgan fingerprint density at radius 2 is 1.03 bits per heavy atom. The molecule has 0 amide bonds. The van der Waals surface area contributed by atoms with Crippen LogP contribution < -0.4 is 0 Å². The summed E-state index contributed by atoms with van der Waals surface area (Å²) in [6.07, 6.45) is 0. The Labute approximate surface area is 183 Å². The van der Waals surface area contributed by atoms with Crippen LogP contribution >= 0.6 is 23.2 Å². The van der Waals surface area contributed by atoms with Gasteiger partial charge in [0, 0.05) is 21.2 Å². The molecule has 146 valence electrons. The van der Waals surface area contributed by atoms with E-state index >= 15 is 0 Å². The van der Waals surface area contributed by atoms with E-state index in [4.69, 9.17) is 23.2 Å². The number of Topliss-reactive ketones (excluding diaryl/α,β-unsaturated/α-hetero) is 2. The topological polar surface area (TPSA) is 81.7 Å². The quantitative estimate of drug-likeness (QED) is 0.448. The van der Waals surface area contributed by atoms with Crippen molar-refractivity contribution in [1.82, 2.24) is 0 Å². The van der Waals surface area contributed by atoms with Crippen LogP contribution in [-0.4, -0.2) is 11.6 Å². The van der Waals surface area contributed by atoms with E-state index in [2.05, 4.69) is 0 Å². The maximum Gasteiger partial charge on any atom is 0.184 e. The molecule has 2 atom stereocenters. The first-order valence-electron chi connectivity index (χ1n) is 8.93. The van der Waals surface area contributed by atoms with Crippen LogP contribution in [0.3, 0.4) is 0 Å². The van der Waals surface area contributed by atoms with Crippen molar-refractivity contribution in [2.24, 2.45) is 0 Å². The molecule has 0 saturated carbocycles. The zero-order chi connectivity index (χ0) is 21.7. The normalized spacial score (nSPS) is 12.3. The van der Waals surface area contributed by atoms with Crippen molar-refractivity contribution in [3.05, 3.63) is 105 Å². The van der Waals surface area contributed by atoms with E-state index < -0.39 is 23.4 Å². The van der Waals surface area contributed by atoms with Crippen molar-refractivity contribution in [2.45, 2.75) is 11.8 Å². The van der Waals surface area contributed by atoms with Gasteiger partial charge in [0.1, 0.15) is 11.8 Å². The molecule has 3 aromatic carbocycles. The molecule has 0 aliphatic carbocycles. The average molecular weight is 433 g/mol. The lowest BCUT2D eigenvalue weighted by molar-refractivity contribution is 0.0978. The van der Waals surface area contributed by atoms with Gasteiger partial charge in [-0.1, -0.05) is 65.7 Å². The van der Waals surface area contributed by atoms with E-state index in [0.717, 1.165) is 0 Å². The number of hydrogen-bond donors (Lipinski definition) is 0. The standard InChI is InChI=1S/C24H14Cl2N2O2/c25-19-8-4-15(5-9-19)21(13-27)23(29)17-2-1-3-18(12-17)24(30)22(14-28)16-6-10-20(26)11-7-16/h1-12,21-22H. The van der Waals surface area contributed by atoms with Crippen molar-refractivity contribution < 1.29 is 9.59 Å².